The Morgan fingerprint density at radius 1 is 0.953 bits per heavy atom. The third-order valence-electron chi connectivity index (χ3n) is 12.9. The van der Waals surface area contributed by atoms with Crippen LogP contribution >= 0.6 is 0 Å². The number of aliphatic hydroxyl groups excluding tert-OH is 2. The molecule has 0 radical (unpaired) electrons. The SMILES string of the molecule is C=CCOC12Oc3ccc(Oc4ccc(C)c(C)c4)cc3C3C(CCCCO)C(CCCCO)C=C(C(=NOCc4ccccc4)CC1N(C)C(=O)C=Cc1ccc([N+](=O)[O-])cc1)C32. The summed E-state index contributed by atoms with van der Waals surface area (Å²) in [5.41, 5.74) is 6.40. The fraction of sp³-hybridized carbons (Fsp3) is 0.385. The van der Waals surface area contributed by atoms with Gasteiger partial charge in [-0.2, -0.15) is 0 Å². The molecule has 2 aliphatic carbocycles. The summed E-state index contributed by atoms with van der Waals surface area (Å²) in [6.45, 7) is 8.69. The summed E-state index contributed by atoms with van der Waals surface area (Å²) in [6.07, 6.45) is 11.9. The molecule has 64 heavy (non-hydrogen) atoms. The minimum atomic E-state index is -1.43. The topological polar surface area (TPSA) is 153 Å². The van der Waals surface area contributed by atoms with E-state index in [9.17, 15) is 25.1 Å². The zero-order chi connectivity index (χ0) is 45.2. The molecule has 336 valence electrons. The van der Waals surface area contributed by atoms with E-state index in [-0.39, 0.29) is 62.2 Å². The first kappa shape index (κ1) is 45.9. The number of nitrogens with zero attached hydrogens (tertiary/aromatic N) is 3. The smallest absolute Gasteiger partial charge is 0.269 e. The molecule has 12 heteroatoms. The Balaban J connectivity index is 1.39. The number of benzene rings is 4. The highest BCUT2D eigenvalue weighted by molar-refractivity contribution is 6.03. The first-order valence-electron chi connectivity index (χ1n) is 22.3. The molecule has 0 aromatic heterocycles. The Morgan fingerprint density at radius 3 is 2.38 bits per heavy atom. The first-order chi connectivity index (χ1) is 31.1. The van der Waals surface area contributed by atoms with Crippen LogP contribution in [0.25, 0.3) is 6.08 Å². The van der Waals surface area contributed by atoms with Gasteiger partial charge >= 0.3 is 0 Å². The van der Waals surface area contributed by atoms with Crippen molar-refractivity contribution in [2.75, 3.05) is 26.9 Å². The van der Waals surface area contributed by atoms with Gasteiger partial charge in [-0.25, -0.2) is 0 Å². The molecule has 4 aromatic rings. The number of non-ortho nitro benzene ring substituents is 1. The number of oxime groups is 1. The van der Waals surface area contributed by atoms with Crippen molar-refractivity contribution < 1.29 is 39.0 Å². The molecule has 1 saturated carbocycles. The number of unbranched alkanes of at least 4 members (excludes halogenated alkanes) is 2. The predicted molar refractivity (Wildman–Crippen MR) is 247 cm³/mol. The second-order valence-corrected chi connectivity index (χ2v) is 17.0. The minimum Gasteiger partial charge on any atom is -0.459 e. The second kappa shape index (κ2) is 21.1. The van der Waals surface area contributed by atoms with Crippen molar-refractivity contribution in [3.05, 3.63) is 159 Å². The quantitative estimate of drug-likeness (QED) is 0.0291. The normalized spacial score (nSPS) is 22.8. The molecule has 0 spiro atoms. The van der Waals surface area contributed by atoms with E-state index in [0.29, 0.717) is 35.6 Å². The Labute approximate surface area is 375 Å². The van der Waals surface area contributed by atoms with Crippen molar-refractivity contribution in [3.63, 3.8) is 0 Å². The molecule has 6 unspecified atom stereocenters. The Kier molecular flexibility index (Phi) is 15.1. The molecular weight excluding hydrogens is 811 g/mol. The lowest BCUT2D eigenvalue weighted by Crippen LogP contribution is -2.69. The van der Waals surface area contributed by atoms with Gasteiger partial charge in [0.2, 0.25) is 11.7 Å². The third-order valence-corrected chi connectivity index (χ3v) is 12.9. The number of carbonyl (C=O) groups excluding carboxylic acids is 1. The first-order valence-corrected chi connectivity index (χ1v) is 22.3. The molecule has 12 nitrogen and oxygen atoms in total. The maximum Gasteiger partial charge on any atom is 0.269 e. The van der Waals surface area contributed by atoms with Crippen molar-refractivity contribution in [1.29, 1.82) is 0 Å². The van der Waals surface area contributed by atoms with Crippen LogP contribution in [-0.2, 0) is 21.0 Å². The third kappa shape index (κ3) is 10.1. The van der Waals surface area contributed by atoms with Crippen LogP contribution in [0.15, 0.2) is 127 Å². The summed E-state index contributed by atoms with van der Waals surface area (Å²) in [7, 11) is 1.73. The van der Waals surface area contributed by atoms with Crippen LogP contribution < -0.4 is 9.47 Å². The number of carbonyl (C=O) groups is 1. The highest BCUT2D eigenvalue weighted by Crippen LogP contribution is 2.62. The number of rotatable bonds is 20. The fourth-order valence-corrected chi connectivity index (χ4v) is 9.61. The number of aryl methyl sites for hydroxylation is 2. The molecular formula is C52H59N3O9. The highest BCUT2D eigenvalue weighted by atomic mass is 16.7. The Hall–Kier alpha value is -6.08. The van der Waals surface area contributed by atoms with Gasteiger partial charge in [0.05, 0.1) is 23.2 Å². The van der Waals surface area contributed by atoms with Crippen LogP contribution in [0.2, 0.25) is 0 Å². The second-order valence-electron chi connectivity index (χ2n) is 17.0. The van der Waals surface area contributed by atoms with Gasteiger partial charge in [0.15, 0.2) is 0 Å². The van der Waals surface area contributed by atoms with Crippen LogP contribution in [0.3, 0.4) is 0 Å². The van der Waals surface area contributed by atoms with Gasteiger partial charge in [-0.3, -0.25) is 14.9 Å². The van der Waals surface area contributed by atoms with Gasteiger partial charge in [-0.15, -0.1) is 6.58 Å². The number of nitro groups is 1. The zero-order valence-electron chi connectivity index (χ0n) is 36.9. The summed E-state index contributed by atoms with van der Waals surface area (Å²) >= 11 is 0. The molecule has 4 aromatic carbocycles. The van der Waals surface area contributed by atoms with Gasteiger partial charge in [-0.1, -0.05) is 66.5 Å². The van der Waals surface area contributed by atoms with Crippen molar-refractivity contribution >= 4 is 23.4 Å². The van der Waals surface area contributed by atoms with E-state index in [1.54, 1.807) is 36.2 Å². The van der Waals surface area contributed by atoms with E-state index < -0.39 is 22.7 Å². The Bertz CT molecular complexity index is 2360. The van der Waals surface area contributed by atoms with Crippen LogP contribution in [0.5, 0.6) is 17.2 Å². The molecule has 0 saturated heterocycles. The van der Waals surface area contributed by atoms with E-state index in [1.165, 1.54) is 23.8 Å². The van der Waals surface area contributed by atoms with Crippen LogP contribution in [-0.4, -0.2) is 70.4 Å². The number of likely N-dealkylation sites (N-methyl/N-ethyl adjacent to an activating group) is 1. The average molecular weight is 870 g/mol. The number of nitro benzene ring substituents is 1. The standard InChI is InChI=1S/C52H59N3O9/c1-5-29-61-52-48(54(4)49(58)26-20-37-18-21-40(22-19-37)55(59)60)33-46(53-62-34-38-13-7-6-8-14-38)44-31-39(15-9-11-27-56)43(16-10-12-28-57)50(51(44)52)45-32-42(24-25-47(45)64-52)63-41-23-17-35(2)36(3)30-41/h5-8,13-14,17-26,30-32,39,43,48,50-51,56-57H,1,9-12,15-16,27-29,33-34H2,2-4H3. The number of hydrogen-bond acceptors (Lipinski definition) is 10. The molecule has 1 fully saturated rings. The molecule has 2 N–H and O–H groups in total. The Morgan fingerprint density at radius 2 is 1.67 bits per heavy atom. The van der Waals surface area contributed by atoms with E-state index >= 15 is 0 Å². The summed E-state index contributed by atoms with van der Waals surface area (Å²) in [5, 5.41) is 36.1. The summed E-state index contributed by atoms with van der Waals surface area (Å²) < 4.78 is 20.9. The van der Waals surface area contributed by atoms with E-state index in [0.717, 1.165) is 53.7 Å². The van der Waals surface area contributed by atoms with Gasteiger partial charge in [-0.05, 0) is 128 Å². The van der Waals surface area contributed by atoms with Gasteiger partial charge < -0.3 is 34.2 Å². The van der Waals surface area contributed by atoms with Crippen molar-refractivity contribution in [2.45, 2.75) is 83.1 Å². The van der Waals surface area contributed by atoms with Crippen molar-refractivity contribution in [1.82, 2.24) is 4.90 Å². The molecule has 1 amide bonds. The monoisotopic (exact) mass is 869 g/mol. The van der Waals surface area contributed by atoms with E-state index in [1.807, 2.05) is 60.7 Å². The van der Waals surface area contributed by atoms with Crippen molar-refractivity contribution in [2.24, 2.45) is 22.9 Å². The molecule has 7 rings (SSSR count). The van der Waals surface area contributed by atoms with Gasteiger partial charge in [0.25, 0.3) is 5.69 Å². The summed E-state index contributed by atoms with van der Waals surface area (Å²) in [4.78, 5) is 33.1. The minimum absolute atomic E-state index is 0.0403. The number of allylic oxidation sites excluding steroid dienone is 1. The lowest BCUT2D eigenvalue weighted by atomic mass is 9.55. The largest absolute Gasteiger partial charge is 0.459 e. The number of aliphatic hydroxyl groups is 2. The van der Waals surface area contributed by atoms with Crippen LogP contribution in [0.1, 0.15) is 78.7 Å². The van der Waals surface area contributed by atoms with Crippen LogP contribution in [0, 0.1) is 41.7 Å². The molecule has 1 aliphatic heterocycles. The average Bonchev–Trinajstić information content (AvgIpc) is 3.30. The lowest BCUT2D eigenvalue weighted by Gasteiger charge is -2.59. The van der Waals surface area contributed by atoms with Gasteiger partial charge in [0, 0.05) is 56.4 Å². The fourth-order valence-electron chi connectivity index (χ4n) is 9.61. The maximum atomic E-state index is 14.4. The molecule has 3 aliphatic rings. The lowest BCUT2D eigenvalue weighted by molar-refractivity contribution is -0.384. The molecule has 1 heterocycles. The van der Waals surface area contributed by atoms with E-state index in [2.05, 4.69) is 32.6 Å². The number of hydrogen-bond donors (Lipinski definition) is 2. The van der Waals surface area contributed by atoms with Gasteiger partial charge in [0.1, 0.15) is 29.9 Å². The van der Waals surface area contributed by atoms with Crippen LogP contribution in [0.4, 0.5) is 5.69 Å². The molecule has 6 atom stereocenters. The number of fused-ring (bicyclic) bond motifs is 2. The summed E-state index contributed by atoms with van der Waals surface area (Å²) in [6, 6.07) is 27.1. The number of amides is 1. The predicted octanol–water partition coefficient (Wildman–Crippen LogP) is 10.0. The number of ether oxygens (including phenoxy) is 3. The zero-order valence-corrected chi connectivity index (χ0v) is 36.9. The maximum absolute atomic E-state index is 14.4. The summed E-state index contributed by atoms with van der Waals surface area (Å²) in [5.74, 6) is -0.374. The van der Waals surface area contributed by atoms with Crippen molar-refractivity contribution in [3.8, 4) is 17.2 Å². The van der Waals surface area contributed by atoms with E-state index in [4.69, 9.17) is 24.2 Å². The highest BCUT2D eigenvalue weighted by Gasteiger charge is 2.65. The molecule has 0 bridgehead atoms.